The minimum Gasteiger partial charge on any atom is -0.493 e. The van der Waals surface area contributed by atoms with E-state index in [2.05, 4.69) is 31.1 Å². The summed E-state index contributed by atoms with van der Waals surface area (Å²) in [6.07, 6.45) is 3.85. The van der Waals surface area contributed by atoms with Gasteiger partial charge in [0.1, 0.15) is 5.75 Å². The topological polar surface area (TPSA) is 133 Å². The Morgan fingerprint density at radius 1 is 1.10 bits per heavy atom. The van der Waals surface area contributed by atoms with Gasteiger partial charge in [0, 0.05) is 40.9 Å². The molecule has 1 fully saturated rings. The van der Waals surface area contributed by atoms with E-state index < -0.39 is 6.03 Å². The van der Waals surface area contributed by atoms with E-state index in [1.807, 2.05) is 32.9 Å². The third kappa shape index (κ3) is 6.78. The fourth-order valence-corrected chi connectivity index (χ4v) is 4.30. The molecule has 0 aliphatic carbocycles. The zero-order valence-corrected chi connectivity index (χ0v) is 23.1. The molecule has 3 heterocycles. The van der Waals surface area contributed by atoms with Crippen molar-refractivity contribution in [1.29, 1.82) is 0 Å². The predicted octanol–water partition coefficient (Wildman–Crippen LogP) is 5.74. The number of nitrogens with one attached hydrogen (secondary N) is 3. The number of amides is 2. The number of aromatic nitrogens is 3. The summed E-state index contributed by atoms with van der Waals surface area (Å²) < 4.78 is 22.8. The molecule has 1 saturated heterocycles. The molecule has 5 rings (SSSR count). The van der Waals surface area contributed by atoms with E-state index in [0.717, 1.165) is 37.0 Å². The van der Waals surface area contributed by atoms with E-state index in [0.29, 0.717) is 41.0 Å². The Labute approximate surface area is 232 Å². The van der Waals surface area contributed by atoms with Crippen LogP contribution in [0, 0.1) is 5.92 Å². The molecular formula is C29H34N6O5. The maximum Gasteiger partial charge on any atom is 0.326 e. The fourth-order valence-electron chi connectivity index (χ4n) is 4.30. The Kier molecular flexibility index (Phi) is 8.01. The van der Waals surface area contributed by atoms with Gasteiger partial charge in [0.2, 0.25) is 5.88 Å². The van der Waals surface area contributed by atoms with Crippen molar-refractivity contribution < 1.29 is 23.5 Å². The molecule has 4 aromatic rings. The molecule has 11 nitrogen and oxygen atoms in total. The summed E-state index contributed by atoms with van der Waals surface area (Å²) in [4.78, 5) is 21.4. The molecule has 0 unspecified atom stereocenters. The number of carbonyl (C=O) groups is 1. The second kappa shape index (κ2) is 11.8. The molecule has 1 aliphatic heterocycles. The summed E-state index contributed by atoms with van der Waals surface area (Å²) in [5.74, 6) is 2.50. The lowest BCUT2D eigenvalue weighted by atomic mass is 9.92. The first-order valence-electron chi connectivity index (χ1n) is 13.3. The van der Waals surface area contributed by atoms with Crippen molar-refractivity contribution in [2.45, 2.75) is 39.0 Å². The van der Waals surface area contributed by atoms with E-state index in [-0.39, 0.29) is 17.3 Å². The van der Waals surface area contributed by atoms with Crippen molar-refractivity contribution in [3.63, 3.8) is 0 Å². The molecule has 0 spiro atoms. The Hall–Kier alpha value is -4.38. The van der Waals surface area contributed by atoms with Crippen LogP contribution in [0.15, 0.2) is 53.2 Å². The summed E-state index contributed by atoms with van der Waals surface area (Å²) in [6, 6.07) is 12.0. The van der Waals surface area contributed by atoms with Crippen molar-refractivity contribution >= 4 is 28.5 Å². The lowest BCUT2D eigenvalue weighted by Crippen LogP contribution is -2.30. The van der Waals surface area contributed by atoms with Gasteiger partial charge in [-0.15, -0.1) is 0 Å². The van der Waals surface area contributed by atoms with Gasteiger partial charge in [-0.05, 0) is 50.0 Å². The van der Waals surface area contributed by atoms with Gasteiger partial charge in [-0.2, -0.15) is 4.98 Å². The summed E-state index contributed by atoms with van der Waals surface area (Å²) >= 11 is 0. The highest BCUT2D eigenvalue weighted by molar-refractivity contribution is 5.99. The highest BCUT2D eigenvalue weighted by atomic mass is 16.5. The predicted molar refractivity (Wildman–Crippen MR) is 152 cm³/mol. The van der Waals surface area contributed by atoms with E-state index in [1.54, 1.807) is 43.6 Å². The number of methoxy groups -OCH3 is 1. The minimum atomic E-state index is -0.471. The number of ether oxygens (including phenoxy) is 3. The number of piperidine rings is 1. The number of anilines is 2. The summed E-state index contributed by atoms with van der Waals surface area (Å²) in [7, 11) is 1.62. The van der Waals surface area contributed by atoms with Gasteiger partial charge < -0.3 is 29.4 Å². The monoisotopic (exact) mass is 546 g/mol. The molecule has 210 valence electrons. The van der Waals surface area contributed by atoms with E-state index in [1.165, 1.54) is 0 Å². The smallest absolute Gasteiger partial charge is 0.326 e. The molecule has 40 heavy (non-hydrogen) atoms. The number of carbonyl (C=O) groups excluding carboxylic acids is 1. The Morgan fingerprint density at radius 2 is 1.93 bits per heavy atom. The van der Waals surface area contributed by atoms with Crippen LogP contribution in [0.4, 0.5) is 16.4 Å². The van der Waals surface area contributed by atoms with Crippen LogP contribution in [-0.4, -0.2) is 48.0 Å². The van der Waals surface area contributed by atoms with Crippen LogP contribution in [0.2, 0.25) is 0 Å². The van der Waals surface area contributed by atoms with Gasteiger partial charge in [-0.3, -0.25) is 5.32 Å². The number of nitrogens with zero attached hydrogens (tertiary/aromatic N) is 3. The Morgan fingerprint density at radius 3 is 2.67 bits per heavy atom. The molecule has 3 N–H and O–H groups in total. The van der Waals surface area contributed by atoms with Crippen LogP contribution >= 0.6 is 0 Å². The average Bonchev–Trinajstić information content (AvgIpc) is 3.41. The molecular weight excluding hydrogens is 512 g/mol. The zero-order valence-electron chi connectivity index (χ0n) is 23.1. The van der Waals surface area contributed by atoms with Crippen LogP contribution in [0.5, 0.6) is 23.3 Å². The first-order chi connectivity index (χ1) is 19.3. The van der Waals surface area contributed by atoms with Crippen LogP contribution in [0.3, 0.4) is 0 Å². The van der Waals surface area contributed by atoms with Gasteiger partial charge >= 0.3 is 12.0 Å². The summed E-state index contributed by atoms with van der Waals surface area (Å²) in [5, 5.41) is 13.6. The maximum absolute atomic E-state index is 12.5. The minimum absolute atomic E-state index is 0.167. The zero-order chi connectivity index (χ0) is 28.1. The lowest BCUT2D eigenvalue weighted by Gasteiger charge is -2.23. The highest BCUT2D eigenvalue weighted by Gasteiger charge is 2.20. The van der Waals surface area contributed by atoms with Gasteiger partial charge in [-0.1, -0.05) is 32.0 Å². The molecule has 2 aromatic carbocycles. The van der Waals surface area contributed by atoms with Crippen molar-refractivity contribution in [2.75, 3.05) is 37.4 Å². The lowest BCUT2D eigenvalue weighted by molar-refractivity contribution is 0.208. The molecule has 11 heteroatoms. The second-order valence-corrected chi connectivity index (χ2v) is 10.8. The van der Waals surface area contributed by atoms with Gasteiger partial charge in [0.05, 0.1) is 24.9 Å². The molecule has 0 radical (unpaired) electrons. The second-order valence-electron chi connectivity index (χ2n) is 10.8. The van der Waals surface area contributed by atoms with E-state index in [9.17, 15) is 4.79 Å². The quantitative estimate of drug-likeness (QED) is 0.253. The van der Waals surface area contributed by atoms with Crippen LogP contribution < -0.4 is 30.2 Å². The standard InChI is InChI=1S/C29H34N6O5/c1-29(2,3)25-15-26(40-35-25)34-27(36)32-20-6-5-7-21(13-20)39-28-31-16-19-12-23(37-4)24(14-22(19)33-28)38-17-18-8-10-30-11-9-18/h5-7,12-16,18,30H,8-11,17H2,1-4H3,(H2,32,34,36). The highest BCUT2D eigenvalue weighted by Crippen LogP contribution is 2.33. The molecule has 2 aromatic heterocycles. The number of urea groups is 1. The van der Waals surface area contributed by atoms with Crippen LogP contribution in [0.25, 0.3) is 10.9 Å². The van der Waals surface area contributed by atoms with Gasteiger partial charge in [0.25, 0.3) is 0 Å². The third-order valence-electron chi connectivity index (χ3n) is 6.59. The third-order valence-corrected chi connectivity index (χ3v) is 6.59. The normalized spacial score (nSPS) is 14.1. The van der Waals surface area contributed by atoms with E-state index >= 15 is 0 Å². The van der Waals surface area contributed by atoms with Crippen LogP contribution in [-0.2, 0) is 5.41 Å². The molecule has 0 bridgehead atoms. The van der Waals surface area contributed by atoms with E-state index in [4.69, 9.17) is 18.7 Å². The van der Waals surface area contributed by atoms with Crippen molar-refractivity contribution in [1.82, 2.24) is 20.4 Å². The molecule has 2 amide bonds. The summed E-state index contributed by atoms with van der Waals surface area (Å²) in [5.41, 5.74) is 1.74. The van der Waals surface area contributed by atoms with Gasteiger partial charge in [0.15, 0.2) is 11.5 Å². The molecule has 0 saturated carbocycles. The Balaban J connectivity index is 1.25. The SMILES string of the molecule is COc1cc2cnc(Oc3cccc(NC(=O)Nc4cc(C(C)(C)C)no4)c3)nc2cc1OCC1CCNCC1. The fraction of sp³-hybridized carbons (Fsp3) is 0.379. The first-order valence-corrected chi connectivity index (χ1v) is 13.3. The average molecular weight is 547 g/mol. The molecule has 1 aliphatic rings. The Bertz CT molecular complexity index is 1480. The number of hydrogen-bond donors (Lipinski definition) is 3. The summed E-state index contributed by atoms with van der Waals surface area (Å²) in [6.45, 7) is 8.69. The van der Waals surface area contributed by atoms with Crippen molar-refractivity contribution in [2.24, 2.45) is 5.92 Å². The maximum atomic E-state index is 12.5. The number of benzene rings is 2. The number of rotatable bonds is 8. The van der Waals surface area contributed by atoms with Gasteiger partial charge in [-0.25, -0.2) is 9.78 Å². The van der Waals surface area contributed by atoms with Crippen molar-refractivity contribution in [3.8, 4) is 23.3 Å². The first kappa shape index (κ1) is 27.2. The largest absolute Gasteiger partial charge is 0.493 e. The van der Waals surface area contributed by atoms with Crippen molar-refractivity contribution in [3.05, 3.63) is 54.4 Å². The molecule has 0 atom stereocenters. The van der Waals surface area contributed by atoms with Crippen LogP contribution in [0.1, 0.15) is 39.3 Å². The number of fused-ring (bicyclic) bond motifs is 1. The number of hydrogen-bond acceptors (Lipinski definition) is 9.